The van der Waals surface area contributed by atoms with Crippen LogP contribution in [-0.2, 0) is 4.79 Å². The average molecular weight is 357 g/mol. The number of nitrogens with zero attached hydrogens (tertiary/aromatic N) is 2. The van der Waals surface area contributed by atoms with Gasteiger partial charge in [-0.15, -0.1) is 0 Å². The van der Waals surface area contributed by atoms with Crippen LogP contribution < -0.4 is 0 Å². The minimum absolute atomic E-state index is 0.0784. The number of carboxylic acids is 1. The number of piperidine rings is 1. The van der Waals surface area contributed by atoms with E-state index in [1.54, 1.807) is 0 Å². The third kappa shape index (κ3) is 3.05. The van der Waals surface area contributed by atoms with Crippen LogP contribution in [-0.4, -0.2) is 39.4 Å². The van der Waals surface area contributed by atoms with E-state index < -0.39 is 22.8 Å². The number of aliphatic carboxylic acids is 1. The van der Waals surface area contributed by atoms with Crippen molar-refractivity contribution in [1.82, 2.24) is 4.90 Å². The molecule has 1 aromatic rings. The summed E-state index contributed by atoms with van der Waals surface area (Å²) in [7, 11) is 0. The number of carbonyl (C=O) groups excluding carboxylic acids is 1. The zero-order valence-corrected chi connectivity index (χ0v) is 12.6. The summed E-state index contributed by atoms with van der Waals surface area (Å²) in [5.74, 6) is -1.55. The number of benzene rings is 1. The molecule has 1 aliphatic heterocycles. The summed E-state index contributed by atoms with van der Waals surface area (Å²) in [6.45, 7) is 0.338. The van der Waals surface area contributed by atoms with Crippen molar-refractivity contribution in [3.05, 3.63) is 38.3 Å². The lowest BCUT2D eigenvalue weighted by molar-refractivity contribution is -0.385. The van der Waals surface area contributed by atoms with E-state index in [1.165, 1.54) is 23.1 Å². The highest BCUT2D eigenvalue weighted by Crippen LogP contribution is 2.30. The quantitative estimate of drug-likeness (QED) is 0.661. The normalized spacial score (nSPS) is 18.3. The van der Waals surface area contributed by atoms with Crippen LogP contribution in [0.4, 0.5) is 5.69 Å². The number of nitro groups is 1. The first kappa shape index (κ1) is 15.4. The van der Waals surface area contributed by atoms with Crippen LogP contribution in [0, 0.1) is 10.1 Å². The fourth-order valence-corrected chi connectivity index (χ4v) is 2.99. The number of hydrogen-bond donors (Lipinski definition) is 1. The highest BCUT2D eigenvalue weighted by Gasteiger charge is 2.34. The molecule has 0 bridgehead atoms. The number of nitro benzene ring substituents is 1. The van der Waals surface area contributed by atoms with Gasteiger partial charge in [-0.05, 0) is 41.3 Å². The molecule has 21 heavy (non-hydrogen) atoms. The molecule has 1 saturated heterocycles. The van der Waals surface area contributed by atoms with Gasteiger partial charge in [0.15, 0.2) is 0 Å². The molecule has 0 aromatic heterocycles. The van der Waals surface area contributed by atoms with Crippen molar-refractivity contribution in [2.45, 2.75) is 25.3 Å². The van der Waals surface area contributed by atoms with Crippen LogP contribution in [0.3, 0.4) is 0 Å². The van der Waals surface area contributed by atoms with E-state index in [-0.39, 0.29) is 15.7 Å². The zero-order valence-electron chi connectivity index (χ0n) is 11.0. The zero-order chi connectivity index (χ0) is 15.6. The van der Waals surface area contributed by atoms with E-state index >= 15 is 0 Å². The van der Waals surface area contributed by atoms with Crippen molar-refractivity contribution in [1.29, 1.82) is 0 Å². The molecule has 1 N–H and O–H groups in total. The lowest BCUT2D eigenvalue weighted by atomic mass is 10.0. The van der Waals surface area contributed by atoms with Crippen molar-refractivity contribution in [2.24, 2.45) is 0 Å². The maximum atomic E-state index is 12.5. The second kappa shape index (κ2) is 6.21. The summed E-state index contributed by atoms with van der Waals surface area (Å²) in [5, 5.41) is 20.1. The molecule has 1 heterocycles. The van der Waals surface area contributed by atoms with Gasteiger partial charge >= 0.3 is 5.97 Å². The molecule has 0 unspecified atom stereocenters. The Morgan fingerprint density at radius 2 is 2.10 bits per heavy atom. The highest BCUT2D eigenvalue weighted by atomic mass is 79.9. The lowest BCUT2D eigenvalue weighted by Crippen LogP contribution is -2.48. The Morgan fingerprint density at radius 3 is 2.71 bits per heavy atom. The maximum absolute atomic E-state index is 12.5. The Balaban J connectivity index is 2.37. The molecule has 8 heteroatoms. The van der Waals surface area contributed by atoms with Crippen molar-refractivity contribution in [3.63, 3.8) is 0 Å². The minimum atomic E-state index is -1.05. The number of likely N-dealkylation sites (tertiary alicyclic amines) is 1. The van der Waals surface area contributed by atoms with Crippen LogP contribution in [0.15, 0.2) is 22.7 Å². The summed E-state index contributed by atoms with van der Waals surface area (Å²) >= 11 is 3.07. The average Bonchev–Trinajstić information content (AvgIpc) is 2.46. The van der Waals surface area contributed by atoms with Gasteiger partial charge in [-0.1, -0.05) is 6.07 Å². The molecule has 1 aliphatic rings. The summed E-state index contributed by atoms with van der Waals surface area (Å²) in [6, 6.07) is 3.27. The predicted octanol–water partition coefficient (Wildman–Crippen LogP) is 2.44. The van der Waals surface area contributed by atoms with Gasteiger partial charge in [-0.3, -0.25) is 14.9 Å². The van der Waals surface area contributed by atoms with Gasteiger partial charge in [0.25, 0.3) is 11.6 Å². The van der Waals surface area contributed by atoms with Gasteiger partial charge in [0.05, 0.1) is 10.5 Å². The highest BCUT2D eigenvalue weighted by molar-refractivity contribution is 9.10. The molecule has 0 spiro atoms. The maximum Gasteiger partial charge on any atom is 0.326 e. The van der Waals surface area contributed by atoms with E-state index in [0.717, 1.165) is 12.8 Å². The fourth-order valence-electron chi connectivity index (χ4n) is 2.41. The molecule has 1 atom stereocenters. The Hall–Kier alpha value is -1.96. The molecule has 0 saturated carbocycles. The van der Waals surface area contributed by atoms with Gasteiger partial charge in [-0.25, -0.2) is 4.79 Å². The smallest absolute Gasteiger partial charge is 0.326 e. The topological polar surface area (TPSA) is 101 Å². The standard InChI is InChI=1S/C13H13BrN2O5/c14-11-8(4-3-6-9(11)16(20)21)12(17)15-7-2-1-5-10(15)13(18)19/h3-4,6,10H,1-2,5,7H2,(H,18,19)/t10-/m0/s1. The molecule has 7 nitrogen and oxygen atoms in total. The Bertz CT molecular complexity index is 604. The van der Waals surface area contributed by atoms with Gasteiger partial charge in [0.1, 0.15) is 10.5 Å². The Labute approximate surface area is 128 Å². The third-order valence-corrected chi connectivity index (χ3v) is 4.29. The van der Waals surface area contributed by atoms with Gasteiger partial charge in [-0.2, -0.15) is 0 Å². The predicted molar refractivity (Wildman–Crippen MR) is 77.1 cm³/mol. The summed E-state index contributed by atoms with van der Waals surface area (Å²) < 4.78 is 0.0784. The van der Waals surface area contributed by atoms with Crippen LogP contribution in [0.2, 0.25) is 0 Å². The molecule has 1 aromatic carbocycles. The van der Waals surface area contributed by atoms with E-state index in [1.807, 2.05) is 0 Å². The molecular formula is C13H13BrN2O5. The van der Waals surface area contributed by atoms with E-state index in [2.05, 4.69) is 15.9 Å². The Morgan fingerprint density at radius 1 is 1.38 bits per heavy atom. The van der Waals surface area contributed by atoms with Crippen LogP contribution in [0.25, 0.3) is 0 Å². The van der Waals surface area contributed by atoms with Crippen LogP contribution >= 0.6 is 15.9 Å². The largest absolute Gasteiger partial charge is 0.480 e. The molecule has 0 radical (unpaired) electrons. The summed E-state index contributed by atoms with van der Waals surface area (Å²) in [4.78, 5) is 35.4. The molecule has 1 fully saturated rings. The van der Waals surface area contributed by atoms with Crippen LogP contribution in [0.1, 0.15) is 29.6 Å². The lowest BCUT2D eigenvalue weighted by Gasteiger charge is -2.33. The van der Waals surface area contributed by atoms with E-state index in [0.29, 0.717) is 13.0 Å². The fraction of sp³-hybridized carbons (Fsp3) is 0.385. The van der Waals surface area contributed by atoms with Crippen molar-refractivity contribution >= 4 is 33.5 Å². The molecule has 2 rings (SSSR count). The van der Waals surface area contributed by atoms with E-state index in [4.69, 9.17) is 0 Å². The van der Waals surface area contributed by atoms with Gasteiger partial charge in [0.2, 0.25) is 0 Å². The summed E-state index contributed by atoms with van der Waals surface area (Å²) in [6.07, 6.45) is 1.87. The molecule has 0 aliphatic carbocycles. The van der Waals surface area contributed by atoms with Crippen molar-refractivity contribution in [3.8, 4) is 0 Å². The van der Waals surface area contributed by atoms with E-state index in [9.17, 15) is 24.8 Å². The number of carbonyl (C=O) groups is 2. The van der Waals surface area contributed by atoms with Gasteiger partial charge < -0.3 is 10.0 Å². The molecular weight excluding hydrogens is 344 g/mol. The third-order valence-electron chi connectivity index (χ3n) is 3.45. The van der Waals surface area contributed by atoms with Crippen molar-refractivity contribution in [2.75, 3.05) is 6.54 Å². The first-order chi connectivity index (χ1) is 9.93. The second-order valence-electron chi connectivity index (χ2n) is 4.74. The molecule has 112 valence electrons. The first-order valence-corrected chi connectivity index (χ1v) is 7.19. The summed E-state index contributed by atoms with van der Waals surface area (Å²) in [5.41, 5.74) is -0.109. The number of hydrogen-bond acceptors (Lipinski definition) is 4. The first-order valence-electron chi connectivity index (χ1n) is 6.40. The van der Waals surface area contributed by atoms with Crippen molar-refractivity contribution < 1.29 is 19.6 Å². The number of carboxylic acid groups (broad SMARTS) is 1. The monoisotopic (exact) mass is 356 g/mol. The van der Waals surface area contributed by atoms with Crippen LogP contribution in [0.5, 0.6) is 0 Å². The number of halogens is 1. The SMILES string of the molecule is O=C(O)[C@@H]1CCCCN1C(=O)c1cccc([N+](=O)[O-])c1Br. The molecule has 1 amide bonds. The second-order valence-corrected chi connectivity index (χ2v) is 5.54. The number of rotatable bonds is 3. The Kier molecular flexibility index (Phi) is 4.56. The number of amides is 1. The van der Waals surface area contributed by atoms with Gasteiger partial charge in [0, 0.05) is 12.6 Å². The minimum Gasteiger partial charge on any atom is -0.480 e.